The second-order valence-corrected chi connectivity index (χ2v) is 6.45. The third-order valence-electron chi connectivity index (χ3n) is 2.72. The Morgan fingerprint density at radius 1 is 1.42 bits per heavy atom. The number of carbonyl (C=O) groups is 1. The van der Waals surface area contributed by atoms with Gasteiger partial charge in [0.15, 0.2) is 5.25 Å². The van der Waals surface area contributed by atoms with Crippen LogP contribution >= 0.6 is 0 Å². The summed E-state index contributed by atoms with van der Waals surface area (Å²) < 4.78 is 24.8. The molecule has 1 N–H and O–H groups in total. The molecule has 102 valence electrons. The highest BCUT2D eigenvalue weighted by atomic mass is 32.2. The minimum absolute atomic E-state index is 0.0612. The van der Waals surface area contributed by atoms with E-state index in [-0.39, 0.29) is 6.54 Å². The summed E-state index contributed by atoms with van der Waals surface area (Å²) in [6.07, 6.45) is 0. The zero-order valence-corrected chi connectivity index (χ0v) is 11.4. The van der Waals surface area contributed by atoms with Gasteiger partial charge in [-0.05, 0) is 24.6 Å². The van der Waals surface area contributed by atoms with Crippen LogP contribution in [0.25, 0.3) is 0 Å². The molecule has 0 spiro atoms. The first-order chi connectivity index (χ1) is 8.78. The normalized spacial score (nSPS) is 12.9. The van der Waals surface area contributed by atoms with Crippen LogP contribution in [0, 0.1) is 11.3 Å². The zero-order valence-electron chi connectivity index (χ0n) is 10.6. The highest BCUT2D eigenvalue weighted by molar-refractivity contribution is 7.90. The largest absolute Gasteiger partial charge is 0.480 e. The molecule has 0 aliphatic heterocycles. The molecule has 0 amide bonds. The number of carboxylic acids is 1. The lowest BCUT2D eigenvalue weighted by Crippen LogP contribution is -2.38. The summed E-state index contributed by atoms with van der Waals surface area (Å²) in [6, 6.07) is 8.39. The molecule has 6 nitrogen and oxygen atoms in total. The maximum atomic E-state index is 11.9. The van der Waals surface area contributed by atoms with Gasteiger partial charge < -0.3 is 5.11 Å². The first-order valence-electron chi connectivity index (χ1n) is 5.46. The highest BCUT2D eigenvalue weighted by Crippen LogP contribution is 2.12. The van der Waals surface area contributed by atoms with Crippen molar-refractivity contribution < 1.29 is 18.3 Å². The van der Waals surface area contributed by atoms with Gasteiger partial charge in [-0.2, -0.15) is 9.57 Å². The van der Waals surface area contributed by atoms with Gasteiger partial charge in [-0.15, -0.1) is 0 Å². The quantitative estimate of drug-likeness (QED) is 0.861. The van der Waals surface area contributed by atoms with Crippen molar-refractivity contribution >= 4 is 16.0 Å². The van der Waals surface area contributed by atoms with Crippen LogP contribution in [0.1, 0.15) is 18.1 Å². The second-order valence-electron chi connectivity index (χ2n) is 4.09. The van der Waals surface area contributed by atoms with Gasteiger partial charge in [0, 0.05) is 13.6 Å². The Hall–Kier alpha value is -1.91. The molecule has 0 saturated carbocycles. The summed E-state index contributed by atoms with van der Waals surface area (Å²) >= 11 is 0. The lowest BCUT2D eigenvalue weighted by atomic mass is 10.1. The molecule has 0 saturated heterocycles. The number of rotatable bonds is 5. The van der Waals surface area contributed by atoms with Crippen LogP contribution in [-0.2, 0) is 21.4 Å². The van der Waals surface area contributed by atoms with Crippen molar-refractivity contribution in [2.75, 3.05) is 7.05 Å². The van der Waals surface area contributed by atoms with Gasteiger partial charge in [0.25, 0.3) is 0 Å². The number of nitrogens with zero attached hydrogens (tertiary/aromatic N) is 2. The molecule has 1 unspecified atom stereocenters. The summed E-state index contributed by atoms with van der Waals surface area (Å²) in [5, 5.41) is 15.9. The number of hydrogen-bond donors (Lipinski definition) is 1. The summed E-state index contributed by atoms with van der Waals surface area (Å²) in [7, 11) is -2.56. The second kappa shape index (κ2) is 5.82. The average Bonchev–Trinajstić information content (AvgIpc) is 2.38. The fourth-order valence-electron chi connectivity index (χ4n) is 1.43. The number of sulfonamides is 1. The highest BCUT2D eigenvalue weighted by Gasteiger charge is 2.31. The fraction of sp³-hybridized carbons (Fsp3) is 0.333. The lowest BCUT2D eigenvalue weighted by molar-refractivity contribution is -0.136. The summed E-state index contributed by atoms with van der Waals surface area (Å²) in [6.45, 7) is 1.19. The van der Waals surface area contributed by atoms with Crippen LogP contribution in [0.15, 0.2) is 24.3 Å². The standard InChI is InChI=1S/C12H14N2O4S/c1-9(12(15)16)19(17,18)14(2)8-11-5-3-10(7-13)4-6-11/h3-6,9H,8H2,1-2H3,(H,15,16). The Morgan fingerprint density at radius 3 is 2.37 bits per heavy atom. The van der Waals surface area contributed by atoms with E-state index in [1.165, 1.54) is 7.05 Å². The Labute approximate surface area is 111 Å². The number of hydrogen-bond acceptors (Lipinski definition) is 4. The third-order valence-corrected chi connectivity index (χ3v) is 4.81. The topological polar surface area (TPSA) is 98.5 Å². The predicted octanol–water partition coefficient (Wildman–Crippen LogP) is 0.793. The van der Waals surface area contributed by atoms with Gasteiger partial charge in [-0.25, -0.2) is 8.42 Å². The van der Waals surface area contributed by atoms with E-state index in [1.807, 2.05) is 6.07 Å². The van der Waals surface area contributed by atoms with Crippen molar-refractivity contribution in [3.8, 4) is 6.07 Å². The van der Waals surface area contributed by atoms with E-state index in [2.05, 4.69) is 0 Å². The lowest BCUT2D eigenvalue weighted by Gasteiger charge is -2.19. The molecule has 0 aromatic heterocycles. The molecule has 1 rings (SSSR count). The molecular formula is C12H14N2O4S. The maximum Gasteiger partial charge on any atom is 0.323 e. The average molecular weight is 282 g/mol. The van der Waals surface area contributed by atoms with Gasteiger partial charge in [0.2, 0.25) is 10.0 Å². The summed E-state index contributed by atoms with van der Waals surface area (Å²) in [4.78, 5) is 10.7. The predicted molar refractivity (Wildman–Crippen MR) is 68.6 cm³/mol. The molecule has 0 radical (unpaired) electrons. The first-order valence-corrected chi connectivity index (χ1v) is 6.96. The van der Waals surface area contributed by atoms with Crippen LogP contribution in [0.3, 0.4) is 0 Å². The minimum atomic E-state index is -3.88. The smallest absolute Gasteiger partial charge is 0.323 e. The van der Waals surface area contributed by atoms with Crippen LogP contribution in [0.2, 0.25) is 0 Å². The zero-order chi connectivity index (χ0) is 14.6. The molecule has 0 aliphatic carbocycles. The van der Waals surface area contributed by atoms with Crippen LogP contribution < -0.4 is 0 Å². The SMILES string of the molecule is CC(C(=O)O)S(=O)(=O)N(C)Cc1ccc(C#N)cc1. The Kier molecular flexibility index (Phi) is 4.64. The Morgan fingerprint density at radius 2 is 1.95 bits per heavy atom. The Balaban J connectivity index is 2.87. The van der Waals surface area contributed by atoms with Crippen LogP contribution in [0.5, 0.6) is 0 Å². The van der Waals surface area contributed by atoms with Crippen molar-refractivity contribution in [3.63, 3.8) is 0 Å². The van der Waals surface area contributed by atoms with Gasteiger partial charge >= 0.3 is 5.97 Å². The molecule has 1 aromatic carbocycles. The van der Waals surface area contributed by atoms with Gasteiger partial charge in [0.05, 0.1) is 11.6 Å². The van der Waals surface area contributed by atoms with E-state index >= 15 is 0 Å². The molecule has 0 heterocycles. The van der Waals surface area contributed by atoms with Crippen LogP contribution in [0.4, 0.5) is 0 Å². The van der Waals surface area contributed by atoms with Crippen molar-refractivity contribution in [3.05, 3.63) is 35.4 Å². The minimum Gasteiger partial charge on any atom is -0.480 e. The van der Waals surface area contributed by atoms with Gasteiger partial charge in [-0.1, -0.05) is 12.1 Å². The maximum absolute atomic E-state index is 11.9. The summed E-state index contributed by atoms with van der Waals surface area (Å²) in [5.41, 5.74) is 1.16. The third kappa shape index (κ3) is 3.53. The first kappa shape index (κ1) is 15.1. The van der Waals surface area contributed by atoms with E-state index in [1.54, 1.807) is 24.3 Å². The van der Waals surface area contributed by atoms with E-state index in [9.17, 15) is 13.2 Å². The molecule has 0 bridgehead atoms. The van der Waals surface area contributed by atoms with Crippen molar-refractivity contribution in [2.24, 2.45) is 0 Å². The van der Waals surface area contributed by atoms with Crippen molar-refractivity contribution in [2.45, 2.75) is 18.7 Å². The van der Waals surface area contributed by atoms with E-state index < -0.39 is 21.2 Å². The van der Waals surface area contributed by atoms with E-state index in [0.29, 0.717) is 11.1 Å². The van der Waals surface area contributed by atoms with Crippen LogP contribution in [-0.4, -0.2) is 36.1 Å². The van der Waals surface area contributed by atoms with Gasteiger partial charge in [-0.3, -0.25) is 4.79 Å². The molecule has 7 heteroatoms. The summed E-state index contributed by atoms with van der Waals surface area (Å²) in [5.74, 6) is -1.38. The Bertz CT molecular complexity index is 602. The van der Waals surface area contributed by atoms with Crippen molar-refractivity contribution in [1.29, 1.82) is 5.26 Å². The van der Waals surface area contributed by atoms with Crippen molar-refractivity contribution in [1.82, 2.24) is 4.31 Å². The fourth-order valence-corrected chi connectivity index (χ4v) is 2.55. The molecular weight excluding hydrogens is 268 g/mol. The molecule has 0 aliphatic rings. The van der Waals surface area contributed by atoms with E-state index in [4.69, 9.17) is 10.4 Å². The number of carboxylic acid groups (broad SMARTS) is 1. The molecule has 0 fully saturated rings. The number of benzene rings is 1. The molecule has 1 aromatic rings. The molecule has 1 atom stereocenters. The van der Waals surface area contributed by atoms with Gasteiger partial charge in [0.1, 0.15) is 0 Å². The monoisotopic (exact) mass is 282 g/mol. The number of nitriles is 1. The molecule has 19 heavy (non-hydrogen) atoms. The van der Waals surface area contributed by atoms with E-state index in [0.717, 1.165) is 11.2 Å². The number of aliphatic carboxylic acids is 1.